The van der Waals surface area contributed by atoms with E-state index in [2.05, 4.69) is 5.32 Å². The minimum absolute atomic E-state index is 0.0175. The summed E-state index contributed by atoms with van der Waals surface area (Å²) >= 11 is 1.60. The summed E-state index contributed by atoms with van der Waals surface area (Å²) in [5.74, 6) is -0.282. The van der Waals surface area contributed by atoms with Crippen LogP contribution in [0.25, 0.3) is 10.2 Å². The van der Waals surface area contributed by atoms with Gasteiger partial charge in [0.2, 0.25) is 5.91 Å². The number of piperidine rings is 1. The lowest BCUT2D eigenvalue weighted by Crippen LogP contribution is -2.43. The monoisotopic (exact) mass is 471 g/mol. The van der Waals surface area contributed by atoms with Gasteiger partial charge in [0.1, 0.15) is 11.5 Å². The van der Waals surface area contributed by atoms with Crippen LogP contribution in [0.2, 0.25) is 0 Å². The van der Waals surface area contributed by atoms with Crippen molar-refractivity contribution in [3.05, 3.63) is 58.9 Å². The first-order valence-corrected chi connectivity index (χ1v) is 12.4. The number of halogens is 1. The zero-order valence-corrected chi connectivity index (χ0v) is 19.7. The van der Waals surface area contributed by atoms with Crippen molar-refractivity contribution in [1.82, 2.24) is 14.8 Å². The van der Waals surface area contributed by atoms with Crippen LogP contribution >= 0.6 is 11.3 Å². The molecule has 1 aliphatic heterocycles. The van der Waals surface area contributed by atoms with Gasteiger partial charge in [0.15, 0.2) is 0 Å². The van der Waals surface area contributed by atoms with Crippen molar-refractivity contribution in [1.29, 1.82) is 0 Å². The number of hydrogen-bond acceptors (Lipinski definition) is 4. The molecule has 2 amide bonds. The van der Waals surface area contributed by atoms with E-state index in [1.807, 2.05) is 33.9 Å². The highest BCUT2D eigenvalue weighted by molar-refractivity contribution is 7.17. The van der Waals surface area contributed by atoms with Crippen LogP contribution in [-0.4, -0.2) is 54.1 Å². The third kappa shape index (κ3) is 5.62. The van der Waals surface area contributed by atoms with Crippen LogP contribution in [-0.2, 0) is 16.1 Å². The average molecular weight is 472 g/mol. The van der Waals surface area contributed by atoms with Gasteiger partial charge in [-0.3, -0.25) is 9.59 Å². The molecule has 1 aliphatic rings. The number of thiophene rings is 1. The summed E-state index contributed by atoms with van der Waals surface area (Å²) in [4.78, 5) is 27.7. The fourth-order valence-electron chi connectivity index (χ4n) is 4.28. The molecule has 2 aromatic heterocycles. The first kappa shape index (κ1) is 23.4. The van der Waals surface area contributed by atoms with Gasteiger partial charge in [-0.2, -0.15) is 0 Å². The Morgan fingerprint density at radius 1 is 1.18 bits per heavy atom. The molecule has 0 bridgehead atoms. The molecular weight excluding hydrogens is 441 g/mol. The van der Waals surface area contributed by atoms with Crippen molar-refractivity contribution in [2.75, 3.05) is 32.8 Å². The summed E-state index contributed by atoms with van der Waals surface area (Å²) in [7, 11) is 0. The van der Waals surface area contributed by atoms with E-state index in [1.165, 1.54) is 12.1 Å². The van der Waals surface area contributed by atoms with Crippen LogP contribution in [0.15, 0.2) is 41.8 Å². The normalized spacial score (nSPS) is 14.7. The number of fused-ring (bicyclic) bond motifs is 1. The molecule has 4 rings (SSSR count). The number of benzene rings is 1. The third-order valence-electron chi connectivity index (χ3n) is 6.12. The molecule has 0 radical (unpaired) electrons. The molecule has 3 heterocycles. The van der Waals surface area contributed by atoms with Gasteiger partial charge < -0.3 is 19.5 Å². The molecule has 1 N–H and O–H groups in total. The summed E-state index contributed by atoms with van der Waals surface area (Å²) < 4.78 is 21.7. The van der Waals surface area contributed by atoms with Crippen LogP contribution in [0.5, 0.6) is 0 Å². The van der Waals surface area contributed by atoms with E-state index in [9.17, 15) is 14.0 Å². The Morgan fingerprint density at radius 2 is 1.94 bits per heavy atom. The second-order valence-corrected chi connectivity index (χ2v) is 9.27. The Balaban J connectivity index is 1.39. The van der Waals surface area contributed by atoms with Gasteiger partial charge in [0.25, 0.3) is 5.91 Å². The van der Waals surface area contributed by atoms with Gasteiger partial charge in [-0.1, -0.05) is 12.1 Å². The number of ether oxygens (including phenoxy) is 1. The number of rotatable bonds is 9. The molecule has 1 aromatic carbocycles. The van der Waals surface area contributed by atoms with E-state index in [1.54, 1.807) is 23.5 Å². The Kier molecular flexibility index (Phi) is 7.77. The number of amides is 2. The summed E-state index contributed by atoms with van der Waals surface area (Å²) in [6.07, 6.45) is 2.13. The lowest BCUT2D eigenvalue weighted by molar-refractivity contribution is -0.126. The van der Waals surface area contributed by atoms with Crippen LogP contribution in [0.3, 0.4) is 0 Å². The Morgan fingerprint density at radius 3 is 2.67 bits per heavy atom. The van der Waals surface area contributed by atoms with E-state index < -0.39 is 0 Å². The van der Waals surface area contributed by atoms with Crippen molar-refractivity contribution in [2.24, 2.45) is 5.92 Å². The predicted molar refractivity (Wildman–Crippen MR) is 128 cm³/mol. The van der Waals surface area contributed by atoms with Crippen LogP contribution in [0, 0.1) is 11.7 Å². The Bertz CT molecular complexity index is 1080. The molecule has 6 nitrogen and oxygen atoms in total. The number of carbonyl (C=O) groups is 2. The summed E-state index contributed by atoms with van der Waals surface area (Å²) in [5, 5.41) is 5.00. The first-order chi connectivity index (χ1) is 16.1. The van der Waals surface area contributed by atoms with Crippen molar-refractivity contribution in [2.45, 2.75) is 32.7 Å². The minimum atomic E-state index is -0.274. The molecule has 176 valence electrons. The number of aromatic nitrogens is 1. The molecule has 0 saturated carbocycles. The van der Waals surface area contributed by atoms with Gasteiger partial charge in [-0.15, -0.1) is 11.3 Å². The van der Waals surface area contributed by atoms with Crippen LogP contribution in [0.4, 0.5) is 4.39 Å². The molecule has 8 heteroatoms. The topological polar surface area (TPSA) is 63.6 Å². The summed E-state index contributed by atoms with van der Waals surface area (Å²) in [6.45, 7) is 5.53. The second kappa shape index (κ2) is 10.9. The Hall–Kier alpha value is -2.71. The molecule has 1 saturated heterocycles. The highest BCUT2D eigenvalue weighted by Gasteiger charge is 2.29. The fourth-order valence-corrected chi connectivity index (χ4v) is 5.10. The van der Waals surface area contributed by atoms with Crippen LogP contribution < -0.4 is 5.32 Å². The maximum Gasteiger partial charge on any atom is 0.270 e. The van der Waals surface area contributed by atoms with Crippen LogP contribution in [0.1, 0.15) is 42.2 Å². The van der Waals surface area contributed by atoms with Gasteiger partial charge >= 0.3 is 0 Å². The fraction of sp³-hybridized carbons (Fsp3) is 0.440. The van der Waals surface area contributed by atoms with Gasteiger partial charge in [-0.25, -0.2) is 4.39 Å². The lowest BCUT2D eigenvalue weighted by Gasteiger charge is -2.31. The zero-order valence-electron chi connectivity index (χ0n) is 18.9. The van der Waals surface area contributed by atoms with E-state index in [4.69, 9.17) is 4.74 Å². The van der Waals surface area contributed by atoms with Crippen molar-refractivity contribution < 1.29 is 18.7 Å². The van der Waals surface area contributed by atoms with Crippen molar-refractivity contribution in [3.8, 4) is 0 Å². The molecular formula is C25H30FN3O3S. The average Bonchev–Trinajstić information content (AvgIpc) is 3.42. The Labute approximate surface area is 197 Å². The number of carbonyl (C=O) groups excluding carboxylic acids is 2. The van der Waals surface area contributed by atoms with Gasteiger partial charge in [0.05, 0.1) is 10.2 Å². The molecule has 3 aromatic rings. The maximum atomic E-state index is 13.4. The van der Waals surface area contributed by atoms with Gasteiger partial charge in [0, 0.05) is 45.3 Å². The first-order valence-electron chi connectivity index (χ1n) is 11.5. The number of nitrogens with zero attached hydrogens (tertiary/aromatic N) is 2. The van der Waals surface area contributed by atoms with E-state index in [-0.39, 0.29) is 23.5 Å². The standard InChI is InChI=1S/C25H30FN3O3S/c1-2-32-14-3-11-27-24(30)19-8-12-28(13-9-19)25(31)22-16-23-21(10-15-33-23)29(22)17-18-4-6-20(26)7-5-18/h4-7,10,15-16,19H,2-3,8-9,11-14,17H2,1H3,(H,27,30). The maximum absolute atomic E-state index is 13.4. The minimum Gasteiger partial charge on any atom is -0.382 e. The smallest absolute Gasteiger partial charge is 0.270 e. The number of likely N-dealkylation sites (tertiary alicyclic amines) is 1. The van der Waals surface area contributed by atoms with E-state index in [0.717, 1.165) is 22.2 Å². The summed E-state index contributed by atoms with van der Waals surface area (Å²) in [5.41, 5.74) is 2.59. The van der Waals surface area contributed by atoms with Crippen molar-refractivity contribution >= 4 is 33.4 Å². The second-order valence-electron chi connectivity index (χ2n) is 8.32. The van der Waals surface area contributed by atoms with Crippen molar-refractivity contribution in [3.63, 3.8) is 0 Å². The molecule has 0 atom stereocenters. The third-order valence-corrected chi connectivity index (χ3v) is 6.97. The molecule has 0 unspecified atom stereocenters. The predicted octanol–water partition coefficient (Wildman–Crippen LogP) is 4.29. The lowest BCUT2D eigenvalue weighted by atomic mass is 9.95. The van der Waals surface area contributed by atoms with Gasteiger partial charge in [-0.05, 0) is 61.4 Å². The van der Waals surface area contributed by atoms with E-state index in [0.29, 0.717) is 57.9 Å². The summed E-state index contributed by atoms with van der Waals surface area (Å²) in [6, 6.07) is 10.3. The molecule has 0 spiro atoms. The highest BCUT2D eigenvalue weighted by atomic mass is 32.1. The molecule has 0 aliphatic carbocycles. The zero-order chi connectivity index (χ0) is 23.2. The highest BCUT2D eigenvalue weighted by Crippen LogP contribution is 2.28. The number of hydrogen-bond donors (Lipinski definition) is 1. The largest absolute Gasteiger partial charge is 0.382 e. The van der Waals surface area contributed by atoms with E-state index >= 15 is 0 Å². The quantitative estimate of drug-likeness (QED) is 0.474. The molecule has 33 heavy (non-hydrogen) atoms. The SMILES string of the molecule is CCOCCCNC(=O)C1CCN(C(=O)c2cc3sccc3n2Cc2ccc(F)cc2)CC1. The molecule has 1 fully saturated rings. The number of nitrogens with one attached hydrogen (secondary N) is 1.